The van der Waals surface area contributed by atoms with Crippen LogP contribution in [0.5, 0.6) is 0 Å². The van der Waals surface area contributed by atoms with Gasteiger partial charge in [-0.3, -0.25) is 19.2 Å². The van der Waals surface area contributed by atoms with Gasteiger partial charge < -0.3 is 0 Å². The highest BCUT2D eigenvalue weighted by Gasteiger charge is 2.26. The number of hydrogen-bond acceptors (Lipinski definition) is 6. The van der Waals surface area contributed by atoms with Gasteiger partial charge in [0.05, 0.1) is 21.7 Å². The van der Waals surface area contributed by atoms with Crippen LogP contribution in [0.2, 0.25) is 0 Å². The number of hydrogen-bond donors (Lipinski definition) is 1. The van der Waals surface area contributed by atoms with Gasteiger partial charge in [-0.1, -0.05) is 48.5 Å². The van der Waals surface area contributed by atoms with Crippen LogP contribution in [0.15, 0.2) is 88.9 Å². The highest BCUT2D eigenvalue weighted by atomic mass is 32.2. The number of carbonyl (C=O) groups is 1. The summed E-state index contributed by atoms with van der Waals surface area (Å²) in [6, 6.07) is 20.6. The van der Waals surface area contributed by atoms with Gasteiger partial charge in [0.25, 0.3) is 21.6 Å². The molecule has 0 bridgehead atoms. The summed E-state index contributed by atoms with van der Waals surface area (Å²) in [6.07, 6.45) is 1.25. The molecule has 1 N–H and O–H groups in total. The molecule has 3 aromatic carbocycles. The Hall–Kier alpha value is -4.05. The predicted octanol–water partition coefficient (Wildman–Crippen LogP) is 3.25. The second kappa shape index (κ2) is 9.84. The smallest absolute Gasteiger partial charge is 0.271 e. The second-order valence-corrected chi connectivity index (χ2v) is 8.62. The fourth-order valence-corrected chi connectivity index (χ4v) is 4.32. The summed E-state index contributed by atoms with van der Waals surface area (Å²) in [6.45, 7) is 1.11. The third-order valence-corrected chi connectivity index (χ3v) is 6.28. The van der Waals surface area contributed by atoms with Gasteiger partial charge in [-0.05, 0) is 31.2 Å². The van der Waals surface area contributed by atoms with E-state index in [4.69, 9.17) is 0 Å². The number of anilines is 1. The zero-order chi connectivity index (χ0) is 23.1. The van der Waals surface area contributed by atoms with E-state index in [0.29, 0.717) is 16.8 Å². The molecule has 0 heterocycles. The third kappa shape index (κ3) is 5.35. The van der Waals surface area contributed by atoms with Gasteiger partial charge in [-0.25, -0.2) is 13.8 Å². The molecular formula is C22H20N4O5S. The average Bonchev–Trinajstić information content (AvgIpc) is 2.79. The zero-order valence-corrected chi connectivity index (χ0v) is 17.9. The number of aryl methyl sites for hydroxylation is 1. The molecule has 9 nitrogen and oxygen atoms in total. The van der Waals surface area contributed by atoms with E-state index >= 15 is 0 Å². The van der Waals surface area contributed by atoms with Crippen LogP contribution in [-0.2, 0) is 14.8 Å². The van der Waals surface area contributed by atoms with Crippen LogP contribution in [0.1, 0.15) is 11.1 Å². The molecule has 0 radical (unpaired) electrons. The van der Waals surface area contributed by atoms with E-state index in [9.17, 15) is 23.3 Å². The molecule has 32 heavy (non-hydrogen) atoms. The summed E-state index contributed by atoms with van der Waals surface area (Å²) in [4.78, 5) is 23.1. The first kappa shape index (κ1) is 22.6. The van der Waals surface area contributed by atoms with Gasteiger partial charge in [0.1, 0.15) is 6.54 Å². The minimum absolute atomic E-state index is 0.0483. The van der Waals surface area contributed by atoms with Crippen molar-refractivity contribution in [3.8, 4) is 0 Å². The second-order valence-electron chi connectivity index (χ2n) is 6.76. The van der Waals surface area contributed by atoms with Crippen molar-refractivity contribution in [2.24, 2.45) is 5.10 Å². The first-order valence-corrected chi connectivity index (χ1v) is 10.9. The summed E-state index contributed by atoms with van der Waals surface area (Å²) in [7, 11) is -4.00. The van der Waals surface area contributed by atoms with Crippen LogP contribution < -0.4 is 9.73 Å². The maximum absolute atomic E-state index is 13.1. The molecule has 10 heteroatoms. The first-order valence-electron chi connectivity index (χ1n) is 9.49. The van der Waals surface area contributed by atoms with Crippen LogP contribution in [0.3, 0.4) is 0 Å². The number of nitrogens with zero attached hydrogens (tertiary/aromatic N) is 3. The molecule has 0 aromatic heterocycles. The monoisotopic (exact) mass is 452 g/mol. The Kier molecular flexibility index (Phi) is 6.96. The van der Waals surface area contributed by atoms with E-state index in [1.165, 1.54) is 24.4 Å². The van der Waals surface area contributed by atoms with Gasteiger partial charge in [0.2, 0.25) is 0 Å². The van der Waals surface area contributed by atoms with E-state index in [1.54, 1.807) is 67.6 Å². The van der Waals surface area contributed by atoms with Crippen molar-refractivity contribution in [3.05, 3.63) is 100 Å². The fraction of sp³-hybridized carbons (Fsp3) is 0.0909. The van der Waals surface area contributed by atoms with Crippen molar-refractivity contribution < 1.29 is 18.1 Å². The van der Waals surface area contributed by atoms with Gasteiger partial charge in [-0.15, -0.1) is 0 Å². The van der Waals surface area contributed by atoms with Crippen LogP contribution in [0.25, 0.3) is 0 Å². The number of sulfonamides is 1. The molecule has 0 atom stereocenters. The number of benzene rings is 3. The number of nitro groups is 1. The fourth-order valence-electron chi connectivity index (χ4n) is 2.88. The van der Waals surface area contributed by atoms with Crippen molar-refractivity contribution in [1.29, 1.82) is 0 Å². The molecule has 164 valence electrons. The Bertz CT molecular complexity index is 1250. The molecule has 0 fully saturated rings. The minimum Gasteiger partial charge on any atom is -0.271 e. The summed E-state index contributed by atoms with van der Waals surface area (Å²) in [5.74, 6) is -0.675. The highest BCUT2D eigenvalue weighted by molar-refractivity contribution is 7.92. The lowest BCUT2D eigenvalue weighted by molar-refractivity contribution is -0.385. The summed E-state index contributed by atoms with van der Waals surface area (Å²) in [5.41, 5.74) is 3.45. The quantitative estimate of drug-likeness (QED) is 0.319. The lowest BCUT2D eigenvalue weighted by Crippen LogP contribution is -2.39. The average molecular weight is 452 g/mol. The summed E-state index contributed by atoms with van der Waals surface area (Å²) >= 11 is 0. The Morgan fingerprint density at radius 3 is 2.31 bits per heavy atom. The molecule has 0 unspecified atom stereocenters. The van der Waals surface area contributed by atoms with E-state index in [0.717, 1.165) is 4.31 Å². The Balaban J connectivity index is 1.79. The topological polar surface area (TPSA) is 122 Å². The number of rotatable bonds is 8. The van der Waals surface area contributed by atoms with Gasteiger partial charge in [0.15, 0.2) is 0 Å². The van der Waals surface area contributed by atoms with Crippen LogP contribution >= 0.6 is 0 Å². The van der Waals surface area contributed by atoms with Crippen molar-refractivity contribution in [2.75, 3.05) is 10.8 Å². The van der Waals surface area contributed by atoms with Crippen LogP contribution in [-0.4, -0.2) is 32.0 Å². The van der Waals surface area contributed by atoms with Gasteiger partial charge in [0, 0.05) is 17.2 Å². The first-order chi connectivity index (χ1) is 15.3. The largest absolute Gasteiger partial charge is 0.272 e. The standard InChI is InChI=1S/C22H20N4O5S/c1-17-12-13-18(14-21(17)26(28)29)15-23-24-22(27)16-25(19-8-4-2-5-9-19)32(30,31)20-10-6-3-7-11-20/h2-15H,16H2,1H3,(H,24,27). The number of carbonyl (C=O) groups excluding carboxylic acids is 1. The molecule has 0 aliphatic carbocycles. The molecule has 0 aliphatic heterocycles. The molecule has 3 aromatic rings. The maximum Gasteiger partial charge on any atom is 0.272 e. The minimum atomic E-state index is -4.00. The Labute approximate surface area is 185 Å². The molecule has 0 saturated carbocycles. The lowest BCUT2D eigenvalue weighted by atomic mass is 10.1. The zero-order valence-electron chi connectivity index (χ0n) is 17.1. The van der Waals surface area contributed by atoms with E-state index in [-0.39, 0.29) is 10.6 Å². The Morgan fingerprint density at radius 1 is 1.06 bits per heavy atom. The summed E-state index contributed by atoms with van der Waals surface area (Å²) < 4.78 is 27.3. The van der Waals surface area contributed by atoms with Crippen molar-refractivity contribution in [3.63, 3.8) is 0 Å². The normalized spacial score (nSPS) is 11.3. The number of hydrazone groups is 1. The van der Waals surface area contributed by atoms with Crippen molar-refractivity contribution in [2.45, 2.75) is 11.8 Å². The summed E-state index contributed by atoms with van der Waals surface area (Å²) in [5, 5.41) is 14.9. The molecular weight excluding hydrogens is 432 g/mol. The predicted molar refractivity (Wildman–Crippen MR) is 121 cm³/mol. The number of nitrogens with one attached hydrogen (secondary N) is 1. The van der Waals surface area contributed by atoms with Crippen molar-refractivity contribution in [1.82, 2.24) is 5.43 Å². The lowest BCUT2D eigenvalue weighted by Gasteiger charge is -2.23. The molecule has 3 rings (SSSR count). The van der Waals surface area contributed by atoms with Crippen molar-refractivity contribution >= 4 is 33.5 Å². The SMILES string of the molecule is Cc1ccc(C=NNC(=O)CN(c2ccccc2)S(=O)(=O)c2ccccc2)cc1[N+](=O)[O-]. The number of amides is 1. The van der Waals surface area contributed by atoms with Gasteiger partial charge in [-0.2, -0.15) is 5.10 Å². The van der Waals surface area contributed by atoms with E-state index in [2.05, 4.69) is 10.5 Å². The third-order valence-electron chi connectivity index (χ3n) is 4.50. The molecule has 0 spiro atoms. The molecule has 1 amide bonds. The Morgan fingerprint density at radius 2 is 1.69 bits per heavy atom. The van der Waals surface area contributed by atoms with E-state index < -0.39 is 27.4 Å². The van der Waals surface area contributed by atoms with Crippen LogP contribution in [0, 0.1) is 17.0 Å². The van der Waals surface area contributed by atoms with E-state index in [1.807, 2.05) is 0 Å². The highest BCUT2D eigenvalue weighted by Crippen LogP contribution is 2.23. The molecule has 0 aliphatic rings. The molecule has 0 saturated heterocycles. The van der Waals surface area contributed by atoms with Crippen LogP contribution in [0.4, 0.5) is 11.4 Å². The maximum atomic E-state index is 13.1. The van der Waals surface area contributed by atoms with Gasteiger partial charge >= 0.3 is 0 Å². The number of nitro benzene ring substituents is 1. The number of para-hydroxylation sites is 1.